The number of hydrogen-bond donors (Lipinski definition) is 1. The van der Waals surface area contributed by atoms with E-state index in [2.05, 4.69) is 58.6 Å². The summed E-state index contributed by atoms with van der Waals surface area (Å²) in [7, 11) is 10.1. The average Bonchev–Trinajstić information content (AvgIpc) is 2.70. The van der Waals surface area contributed by atoms with Crippen molar-refractivity contribution in [1.29, 1.82) is 0 Å². The molecule has 1 heterocycles. The van der Waals surface area contributed by atoms with E-state index in [1.807, 2.05) is 6.07 Å². The van der Waals surface area contributed by atoms with E-state index in [9.17, 15) is 9.50 Å². The summed E-state index contributed by atoms with van der Waals surface area (Å²) in [4.78, 5) is 2.31. The van der Waals surface area contributed by atoms with Gasteiger partial charge < -0.3 is 10.0 Å². The van der Waals surface area contributed by atoms with Gasteiger partial charge in [0.2, 0.25) is 0 Å². The third kappa shape index (κ3) is 7.61. The molecule has 0 amide bonds. The van der Waals surface area contributed by atoms with Gasteiger partial charge in [-0.3, -0.25) is 0 Å². The Morgan fingerprint density at radius 2 is 1.50 bits per heavy atom. The number of piperidine rings is 1. The molecule has 1 atom stereocenters. The summed E-state index contributed by atoms with van der Waals surface area (Å²) < 4.78 is 14.1. The quantitative estimate of drug-likeness (QED) is 0.335. The molecule has 1 aliphatic heterocycles. The van der Waals surface area contributed by atoms with Crippen molar-refractivity contribution in [3.8, 4) is 5.75 Å². The van der Waals surface area contributed by atoms with Gasteiger partial charge in [0.25, 0.3) is 0 Å². The fourth-order valence-electron chi connectivity index (χ4n) is 3.89. The molecule has 1 aliphatic rings. The van der Waals surface area contributed by atoms with Crippen molar-refractivity contribution in [3.63, 3.8) is 0 Å². The number of nitrogens with zero attached hydrogens (tertiary/aromatic N) is 1. The van der Waals surface area contributed by atoms with Crippen molar-refractivity contribution < 1.29 is 26.5 Å². The molecule has 0 saturated carbocycles. The minimum atomic E-state index is -0.556. The second-order valence-electron chi connectivity index (χ2n) is 10.3. The van der Waals surface area contributed by atoms with Crippen LogP contribution in [-0.4, -0.2) is 18.2 Å². The molecule has 3 rings (SSSR count). The number of anilines is 1. The van der Waals surface area contributed by atoms with Gasteiger partial charge in [0.15, 0.2) is 0 Å². The van der Waals surface area contributed by atoms with Gasteiger partial charge in [-0.25, -0.2) is 4.39 Å². The Hall–Kier alpha value is -0.306. The first-order chi connectivity index (χ1) is 14.9. The second kappa shape index (κ2) is 11.9. The molecule has 0 aliphatic carbocycles. The van der Waals surface area contributed by atoms with Gasteiger partial charge in [0.05, 0.1) is 0 Å². The van der Waals surface area contributed by atoms with E-state index in [4.69, 9.17) is 18.6 Å². The van der Waals surface area contributed by atoms with Crippen molar-refractivity contribution in [2.75, 3.05) is 18.0 Å². The van der Waals surface area contributed by atoms with Crippen LogP contribution >= 0.6 is 27.2 Å². The number of benzene rings is 2. The zero-order valence-electron chi connectivity index (χ0n) is 20.0. The van der Waals surface area contributed by atoms with E-state index in [0.717, 1.165) is 47.8 Å². The van der Waals surface area contributed by atoms with E-state index in [0.29, 0.717) is 5.75 Å². The topological polar surface area (TPSA) is 23.5 Å². The third-order valence-electron chi connectivity index (χ3n) is 5.71. The molecule has 1 N–H and O–H groups in total. The summed E-state index contributed by atoms with van der Waals surface area (Å²) in [6.07, 6.45) is 3.54. The predicted octanol–water partition coefficient (Wildman–Crippen LogP) is 7.12. The molecule has 1 saturated heterocycles. The normalized spacial score (nSPS) is 15.0. The van der Waals surface area contributed by atoms with Crippen LogP contribution in [0.1, 0.15) is 71.9 Å². The van der Waals surface area contributed by atoms with Crippen LogP contribution in [-0.2, 0) is 27.9 Å². The molecule has 0 bridgehead atoms. The summed E-state index contributed by atoms with van der Waals surface area (Å²) in [6.45, 7) is 15.0. The summed E-state index contributed by atoms with van der Waals surface area (Å²) in [5.41, 5.74) is 3.04. The number of phenolic OH excluding ortho intramolecular Hbond substituents is 1. The van der Waals surface area contributed by atoms with E-state index >= 15 is 0 Å². The van der Waals surface area contributed by atoms with E-state index in [1.54, 1.807) is 12.1 Å². The molecule has 2 nitrogen and oxygen atoms in total. The standard InChI is InChI=1S/C25H35FNOP.2ClH.Ti/c1-24(2,3)17-14-19(25(4,5)6)23(28)22(15-17)29-21-11-10-18(26)16-20(21)27-12-8-7-9-13-27;;;/h10-11,14-16,28-29H,7-9,12-13H2,1-6H3;2*1H;/q;;;+2/p-2. The number of hydrogen-bond acceptors (Lipinski definition) is 2. The van der Waals surface area contributed by atoms with Crippen LogP contribution < -0.4 is 15.5 Å². The molecule has 7 heteroatoms. The minimum absolute atomic E-state index is 0.00851. The van der Waals surface area contributed by atoms with Gasteiger partial charge in [-0.05, 0) is 59.9 Å². The molecule has 0 aromatic heterocycles. The first-order valence-electron chi connectivity index (χ1n) is 11.0. The van der Waals surface area contributed by atoms with E-state index in [1.165, 1.54) is 12.0 Å². The van der Waals surface area contributed by atoms with Gasteiger partial charge in [-0.2, -0.15) is 0 Å². The summed E-state index contributed by atoms with van der Waals surface area (Å²) in [6, 6.07) is 9.41. The Morgan fingerprint density at radius 1 is 0.906 bits per heavy atom. The van der Waals surface area contributed by atoms with E-state index in [-0.39, 0.29) is 25.2 Å². The summed E-state index contributed by atoms with van der Waals surface area (Å²) in [5.74, 6) is 0.194. The first-order valence-corrected chi connectivity index (χ1v) is 16.3. The maximum atomic E-state index is 14.1. The zero-order chi connectivity index (χ0) is 24.1. The van der Waals surface area contributed by atoms with Gasteiger partial charge in [-0.15, -0.1) is 0 Å². The molecule has 0 spiro atoms. The van der Waals surface area contributed by atoms with Gasteiger partial charge >= 0.3 is 35.6 Å². The van der Waals surface area contributed by atoms with Crippen molar-refractivity contribution in [2.45, 2.75) is 71.6 Å². The molecule has 0 radical (unpaired) electrons. The Morgan fingerprint density at radius 3 is 2.03 bits per heavy atom. The van der Waals surface area contributed by atoms with Gasteiger partial charge in [-0.1, -0.05) is 56.2 Å². The van der Waals surface area contributed by atoms with Crippen LogP contribution in [0, 0.1) is 5.82 Å². The maximum absolute atomic E-state index is 14.1. The molecule has 2 aromatic carbocycles. The third-order valence-corrected chi connectivity index (χ3v) is 7.05. The van der Waals surface area contributed by atoms with Crippen molar-refractivity contribution in [1.82, 2.24) is 0 Å². The zero-order valence-corrected chi connectivity index (χ0v) is 24.0. The summed E-state index contributed by atoms with van der Waals surface area (Å²) in [5, 5.41) is 13.2. The fraction of sp³-hybridized carbons (Fsp3) is 0.520. The van der Waals surface area contributed by atoms with Crippen LogP contribution in [0.15, 0.2) is 30.3 Å². The molecular weight excluding hydrogens is 499 g/mol. The van der Waals surface area contributed by atoms with Crippen molar-refractivity contribution >= 4 is 43.5 Å². The Labute approximate surface area is 211 Å². The fourth-order valence-corrected chi connectivity index (χ4v) is 5.18. The SMILES string of the molecule is CC(C)(C)c1cc(Pc2ccc(F)cc2N2CCCCC2)c(O)c(C(C)(C)C)c1.[Cl][Ti][Cl]. The number of rotatable bonds is 3. The van der Waals surface area contributed by atoms with Crippen LogP contribution in [0.25, 0.3) is 0 Å². The van der Waals surface area contributed by atoms with E-state index < -0.39 is 17.0 Å². The van der Waals surface area contributed by atoms with Crippen LogP contribution in [0.5, 0.6) is 5.75 Å². The first kappa shape index (κ1) is 27.9. The predicted molar refractivity (Wildman–Crippen MR) is 137 cm³/mol. The molecular formula is C25H35Cl2FNOPTi. The number of aromatic hydroxyl groups is 1. The molecule has 176 valence electrons. The monoisotopic (exact) mass is 533 g/mol. The molecule has 1 unspecified atom stereocenters. The molecule has 32 heavy (non-hydrogen) atoms. The van der Waals surface area contributed by atoms with Gasteiger partial charge in [0, 0.05) is 34.9 Å². The van der Waals surface area contributed by atoms with Crippen LogP contribution in [0.4, 0.5) is 10.1 Å². The van der Waals surface area contributed by atoms with Crippen molar-refractivity contribution in [3.05, 3.63) is 47.3 Å². The summed E-state index contributed by atoms with van der Waals surface area (Å²) >= 11 is -0.556. The Bertz CT molecular complexity index is 906. The second-order valence-corrected chi connectivity index (χ2v) is 14.2. The Kier molecular flexibility index (Phi) is 10.4. The molecule has 1 fully saturated rings. The van der Waals surface area contributed by atoms with Crippen molar-refractivity contribution in [2.24, 2.45) is 0 Å². The molecule has 2 aromatic rings. The Balaban J connectivity index is 0.00000114. The number of halogens is 3. The van der Waals surface area contributed by atoms with Crippen LogP contribution in [0.3, 0.4) is 0 Å². The van der Waals surface area contributed by atoms with Crippen LogP contribution in [0.2, 0.25) is 0 Å². The average molecular weight is 534 g/mol. The van der Waals surface area contributed by atoms with Gasteiger partial charge in [0.1, 0.15) is 11.6 Å². The number of phenols is 1.